The Balaban J connectivity index is 3.10. The molecule has 0 aliphatic carbocycles. The maximum atomic E-state index is 12.5. The van der Waals surface area contributed by atoms with Crippen LogP contribution in [-0.2, 0) is 0 Å². The summed E-state index contributed by atoms with van der Waals surface area (Å²) in [5, 5.41) is 6.06. The first kappa shape index (κ1) is 16.4. The van der Waals surface area contributed by atoms with Crippen molar-refractivity contribution < 1.29 is 4.79 Å². The minimum atomic E-state index is -0.203. The van der Waals surface area contributed by atoms with Crippen molar-refractivity contribution in [3.8, 4) is 0 Å². The molecule has 0 aliphatic rings. The molecule has 0 aliphatic heterocycles. The van der Waals surface area contributed by atoms with Crippen LogP contribution in [0.25, 0.3) is 0 Å². The summed E-state index contributed by atoms with van der Waals surface area (Å²) in [4.78, 5) is 21.2. The van der Waals surface area contributed by atoms with Gasteiger partial charge in [-0.15, -0.1) is 0 Å². The van der Waals surface area contributed by atoms with Crippen LogP contribution >= 0.6 is 0 Å². The van der Waals surface area contributed by atoms with Gasteiger partial charge in [0, 0.05) is 18.5 Å². The zero-order valence-electron chi connectivity index (χ0n) is 13.4. The maximum absolute atomic E-state index is 12.5. The lowest BCUT2D eigenvalue weighted by molar-refractivity contribution is 0.0896. The highest BCUT2D eigenvalue weighted by molar-refractivity contribution is 5.97. The Hall–Kier alpha value is -1.65. The van der Waals surface area contributed by atoms with Gasteiger partial charge in [-0.2, -0.15) is 0 Å². The van der Waals surface area contributed by atoms with Crippen LogP contribution < -0.4 is 10.6 Å². The van der Waals surface area contributed by atoms with Gasteiger partial charge < -0.3 is 10.6 Å². The van der Waals surface area contributed by atoms with E-state index in [9.17, 15) is 4.79 Å². The number of carbonyl (C=O) groups excluding carboxylic acids is 1. The highest BCUT2D eigenvalue weighted by Gasteiger charge is 2.25. The molecule has 0 fully saturated rings. The summed E-state index contributed by atoms with van der Waals surface area (Å²) in [5.41, 5.74) is 0.867. The maximum Gasteiger partial charge on any atom is 0.272 e. The van der Waals surface area contributed by atoms with Crippen molar-refractivity contribution in [1.29, 1.82) is 0 Å². The summed E-state index contributed by atoms with van der Waals surface area (Å²) in [6.07, 6.45) is 3.44. The van der Waals surface area contributed by atoms with Crippen LogP contribution in [0.2, 0.25) is 0 Å². The van der Waals surface area contributed by atoms with E-state index >= 15 is 0 Å². The lowest BCUT2D eigenvalue weighted by atomic mass is 9.95. The van der Waals surface area contributed by atoms with Crippen molar-refractivity contribution in [3.05, 3.63) is 17.7 Å². The predicted octanol–water partition coefficient (Wildman–Crippen LogP) is 2.95. The van der Waals surface area contributed by atoms with Crippen molar-refractivity contribution in [1.82, 2.24) is 15.3 Å². The molecule has 112 valence electrons. The van der Waals surface area contributed by atoms with Crippen molar-refractivity contribution in [2.75, 3.05) is 12.4 Å². The number of nitrogens with one attached hydrogen (secondary N) is 2. The summed E-state index contributed by atoms with van der Waals surface area (Å²) in [6.45, 7) is 10.2. The molecular formula is C15H26N4O. The Kier molecular flexibility index (Phi) is 5.48. The molecule has 5 nitrogen and oxygen atoms in total. The van der Waals surface area contributed by atoms with Crippen molar-refractivity contribution >= 4 is 11.6 Å². The molecule has 1 heterocycles. The van der Waals surface area contributed by atoms with Gasteiger partial charge in [-0.05, 0) is 19.8 Å². The molecule has 1 amide bonds. The molecule has 5 heteroatoms. The Morgan fingerprint density at radius 3 is 2.40 bits per heavy atom. The number of carbonyl (C=O) groups is 1. The molecule has 1 aromatic heterocycles. The minimum absolute atomic E-state index is 0.148. The second-order valence-electron chi connectivity index (χ2n) is 5.62. The minimum Gasteiger partial charge on any atom is -0.385 e. The molecule has 1 rings (SSSR count). The molecule has 0 unspecified atom stereocenters. The second-order valence-corrected chi connectivity index (χ2v) is 5.62. The largest absolute Gasteiger partial charge is 0.385 e. The molecule has 2 N–H and O–H groups in total. The molecular weight excluding hydrogens is 252 g/mol. The van der Waals surface area contributed by atoms with E-state index in [1.165, 1.54) is 0 Å². The van der Waals surface area contributed by atoms with E-state index in [4.69, 9.17) is 0 Å². The Bertz CT molecular complexity index is 467. The van der Waals surface area contributed by atoms with Crippen LogP contribution in [0, 0.1) is 0 Å². The van der Waals surface area contributed by atoms with Crippen LogP contribution in [0.1, 0.15) is 69.7 Å². The average molecular weight is 278 g/mol. The lowest BCUT2D eigenvalue weighted by Gasteiger charge is -2.28. The monoisotopic (exact) mass is 278 g/mol. The Morgan fingerprint density at radius 1 is 1.35 bits per heavy atom. The van der Waals surface area contributed by atoms with Gasteiger partial charge in [-0.25, -0.2) is 9.97 Å². The van der Waals surface area contributed by atoms with Gasteiger partial charge in [0.2, 0.25) is 0 Å². The van der Waals surface area contributed by atoms with E-state index in [-0.39, 0.29) is 17.4 Å². The number of rotatable bonds is 6. The number of hydrogen-bond acceptors (Lipinski definition) is 4. The van der Waals surface area contributed by atoms with Gasteiger partial charge in [-0.3, -0.25) is 4.79 Å². The first-order valence-corrected chi connectivity index (χ1v) is 7.24. The van der Waals surface area contributed by atoms with Crippen molar-refractivity contribution in [2.24, 2.45) is 0 Å². The molecule has 0 aromatic carbocycles. The molecule has 0 atom stereocenters. The lowest BCUT2D eigenvalue weighted by Crippen LogP contribution is -2.45. The van der Waals surface area contributed by atoms with Crippen molar-refractivity contribution in [3.63, 3.8) is 0 Å². The van der Waals surface area contributed by atoms with E-state index in [0.717, 1.165) is 12.8 Å². The molecule has 0 saturated carbocycles. The smallest absolute Gasteiger partial charge is 0.272 e. The summed E-state index contributed by atoms with van der Waals surface area (Å²) >= 11 is 0. The van der Waals surface area contributed by atoms with Gasteiger partial charge in [0.25, 0.3) is 5.91 Å². The first-order chi connectivity index (χ1) is 9.36. The van der Waals surface area contributed by atoms with E-state index in [0.29, 0.717) is 17.2 Å². The molecule has 1 aromatic rings. The molecule has 0 saturated heterocycles. The van der Waals surface area contributed by atoms with Crippen LogP contribution in [0.3, 0.4) is 0 Å². The van der Waals surface area contributed by atoms with Crippen LogP contribution in [-0.4, -0.2) is 28.5 Å². The number of anilines is 1. The zero-order valence-corrected chi connectivity index (χ0v) is 13.4. The van der Waals surface area contributed by atoms with Crippen LogP contribution in [0.4, 0.5) is 5.69 Å². The Labute approximate surface area is 121 Å². The summed E-state index contributed by atoms with van der Waals surface area (Å²) < 4.78 is 0. The van der Waals surface area contributed by atoms with E-state index in [2.05, 4.69) is 41.4 Å². The van der Waals surface area contributed by atoms with E-state index < -0.39 is 0 Å². The standard InChI is InChI=1S/C15H26N4O/c1-7-15(5,8-2)19-14(20)12-11(16-6)9-17-13(18-12)10(3)4/h9-10,16H,7-8H2,1-6H3,(H,19,20). The topological polar surface area (TPSA) is 66.9 Å². The fourth-order valence-electron chi connectivity index (χ4n) is 1.79. The predicted molar refractivity (Wildman–Crippen MR) is 82.1 cm³/mol. The first-order valence-electron chi connectivity index (χ1n) is 7.24. The summed E-state index contributed by atoms with van der Waals surface area (Å²) in [7, 11) is 1.77. The van der Waals surface area contributed by atoms with E-state index in [1.807, 2.05) is 13.8 Å². The molecule has 20 heavy (non-hydrogen) atoms. The number of nitrogens with zero attached hydrogens (tertiary/aromatic N) is 2. The highest BCUT2D eigenvalue weighted by Crippen LogP contribution is 2.19. The fraction of sp³-hybridized carbons (Fsp3) is 0.667. The van der Waals surface area contributed by atoms with Gasteiger partial charge in [-0.1, -0.05) is 27.7 Å². The van der Waals surface area contributed by atoms with Crippen molar-refractivity contribution in [2.45, 2.75) is 58.9 Å². The summed E-state index contributed by atoms with van der Waals surface area (Å²) in [5.74, 6) is 0.727. The number of aromatic nitrogens is 2. The molecule has 0 spiro atoms. The third-order valence-electron chi connectivity index (χ3n) is 3.78. The molecule has 0 bridgehead atoms. The summed E-state index contributed by atoms with van der Waals surface area (Å²) in [6, 6.07) is 0. The van der Waals surface area contributed by atoms with Gasteiger partial charge >= 0.3 is 0 Å². The van der Waals surface area contributed by atoms with Gasteiger partial charge in [0.15, 0.2) is 5.69 Å². The van der Waals surface area contributed by atoms with Gasteiger partial charge in [0.05, 0.1) is 11.9 Å². The number of hydrogen-bond donors (Lipinski definition) is 2. The number of amides is 1. The fourth-order valence-corrected chi connectivity index (χ4v) is 1.79. The normalized spacial score (nSPS) is 11.6. The van der Waals surface area contributed by atoms with Gasteiger partial charge in [0.1, 0.15) is 5.82 Å². The van der Waals surface area contributed by atoms with E-state index in [1.54, 1.807) is 13.2 Å². The average Bonchev–Trinajstić information content (AvgIpc) is 2.46. The van der Waals surface area contributed by atoms with Crippen LogP contribution in [0.5, 0.6) is 0 Å². The van der Waals surface area contributed by atoms with Crippen LogP contribution in [0.15, 0.2) is 6.20 Å². The second kappa shape index (κ2) is 6.68. The zero-order chi connectivity index (χ0) is 15.3. The highest BCUT2D eigenvalue weighted by atomic mass is 16.2. The molecule has 0 radical (unpaired) electrons. The Morgan fingerprint density at radius 2 is 1.95 bits per heavy atom. The quantitative estimate of drug-likeness (QED) is 0.839. The third kappa shape index (κ3) is 3.68. The third-order valence-corrected chi connectivity index (χ3v) is 3.78. The SMILES string of the molecule is CCC(C)(CC)NC(=O)c1nc(C(C)C)ncc1NC.